The third kappa shape index (κ3) is 6.96. The van der Waals surface area contributed by atoms with E-state index in [0.717, 1.165) is 32.2 Å². The van der Waals surface area contributed by atoms with Gasteiger partial charge in [0.1, 0.15) is 0 Å². The fraction of sp³-hybridized carbons (Fsp3) is 0.588. The van der Waals surface area contributed by atoms with Gasteiger partial charge in [0.25, 0.3) is 0 Å². The maximum absolute atomic E-state index is 12.3. The van der Waals surface area contributed by atoms with Crippen LogP contribution in [0.25, 0.3) is 0 Å². The summed E-state index contributed by atoms with van der Waals surface area (Å²) in [5.41, 5.74) is 1.31. The topological polar surface area (TPSA) is 32.3 Å². The van der Waals surface area contributed by atoms with Gasteiger partial charge in [-0.05, 0) is 31.9 Å². The minimum absolute atomic E-state index is 0. The van der Waals surface area contributed by atoms with E-state index in [4.69, 9.17) is 0 Å². The Morgan fingerprint density at radius 3 is 2.38 bits per heavy atom. The summed E-state index contributed by atoms with van der Waals surface area (Å²) in [6.07, 6.45) is 4.11. The zero-order chi connectivity index (χ0) is 14.8. The van der Waals surface area contributed by atoms with Crippen LogP contribution in [0.3, 0.4) is 0 Å². The highest BCUT2D eigenvalue weighted by molar-refractivity contribution is 5.85. The van der Waals surface area contributed by atoms with Crippen LogP contribution >= 0.6 is 12.4 Å². The number of carbonyl (C=O) groups is 1. The molecule has 0 saturated carbocycles. The van der Waals surface area contributed by atoms with Crippen molar-refractivity contribution >= 4 is 18.3 Å². The first-order valence-electron chi connectivity index (χ1n) is 7.70. The molecule has 0 heterocycles. The summed E-state index contributed by atoms with van der Waals surface area (Å²) in [6, 6.07) is 10.8. The Bertz CT molecular complexity index is 384. The number of hydrogen-bond acceptors (Lipinski definition) is 2. The molecule has 0 aromatic heterocycles. The number of rotatable bonds is 9. The maximum atomic E-state index is 12.3. The Hall–Kier alpha value is -1.06. The lowest BCUT2D eigenvalue weighted by atomic mass is 10.00. The lowest BCUT2D eigenvalue weighted by Crippen LogP contribution is -2.45. The highest BCUT2D eigenvalue weighted by Gasteiger charge is 2.21. The van der Waals surface area contributed by atoms with Gasteiger partial charge < -0.3 is 10.2 Å². The van der Waals surface area contributed by atoms with E-state index in [1.54, 1.807) is 0 Å². The Morgan fingerprint density at radius 1 is 1.19 bits per heavy atom. The Labute approximate surface area is 135 Å². The summed E-state index contributed by atoms with van der Waals surface area (Å²) in [5, 5.41) is 2.98. The lowest BCUT2D eigenvalue weighted by molar-refractivity contribution is -0.132. The van der Waals surface area contributed by atoms with Crippen molar-refractivity contribution in [2.24, 2.45) is 0 Å². The molecular formula is C17H29ClN2O. The van der Waals surface area contributed by atoms with Gasteiger partial charge in [-0.25, -0.2) is 0 Å². The maximum Gasteiger partial charge on any atom is 0.236 e. The van der Waals surface area contributed by atoms with Crippen molar-refractivity contribution in [2.75, 3.05) is 20.1 Å². The standard InChI is InChI=1S/C17H28N2O.ClH/c1-4-9-16(13-15-10-7-6-8-11-15)19(12-5-2)17(20)14-18-3;/h6-8,10-11,16,18H,4-5,9,12-14H2,1-3H3;1H. The van der Waals surface area contributed by atoms with Crippen LogP contribution in [-0.4, -0.2) is 37.0 Å². The van der Waals surface area contributed by atoms with Crippen molar-refractivity contribution in [2.45, 2.75) is 45.6 Å². The van der Waals surface area contributed by atoms with Gasteiger partial charge in [0.2, 0.25) is 5.91 Å². The number of benzene rings is 1. The SMILES string of the molecule is CCCC(Cc1ccccc1)N(CCC)C(=O)CNC.Cl. The van der Waals surface area contributed by atoms with Gasteiger partial charge in [-0.15, -0.1) is 12.4 Å². The molecule has 1 aromatic carbocycles. The molecule has 1 N–H and O–H groups in total. The number of halogens is 1. The molecule has 0 spiro atoms. The van der Waals surface area contributed by atoms with Crippen molar-refractivity contribution < 1.29 is 4.79 Å². The van der Waals surface area contributed by atoms with E-state index in [1.807, 2.05) is 13.1 Å². The van der Waals surface area contributed by atoms with Gasteiger partial charge in [0, 0.05) is 12.6 Å². The highest BCUT2D eigenvalue weighted by atomic mass is 35.5. The third-order valence-corrected chi connectivity index (χ3v) is 3.49. The molecule has 1 atom stereocenters. The van der Waals surface area contributed by atoms with Gasteiger partial charge in [0.05, 0.1) is 6.54 Å². The second kappa shape index (κ2) is 11.6. The summed E-state index contributed by atoms with van der Waals surface area (Å²) < 4.78 is 0. The molecule has 4 heteroatoms. The van der Waals surface area contributed by atoms with Crippen LogP contribution in [-0.2, 0) is 11.2 Å². The Morgan fingerprint density at radius 2 is 1.86 bits per heavy atom. The predicted molar refractivity (Wildman–Crippen MR) is 92.0 cm³/mol. The molecule has 0 aliphatic heterocycles. The van der Waals surface area contributed by atoms with Gasteiger partial charge in [-0.2, -0.15) is 0 Å². The van der Waals surface area contributed by atoms with Crippen molar-refractivity contribution in [1.29, 1.82) is 0 Å². The molecule has 0 fully saturated rings. The molecule has 120 valence electrons. The summed E-state index contributed by atoms with van der Waals surface area (Å²) in [4.78, 5) is 14.4. The second-order valence-electron chi connectivity index (χ2n) is 5.25. The normalized spacial score (nSPS) is 11.6. The monoisotopic (exact) mass is 312 g/mol. The van der Waals surface area contributed by atoms with Crippen LogP contribution in [0.5, 0.6) is 0 Å². The highest BCUT2D eigenvalue weighted by Crippen LogP contribution is 2.15. The summed E-state index contributed by atoms with van der Waals surface area (Å²) in [5.74, 6) is 0.212. The molecule has 3 nitrogen and oxygen atoms in total. The largest absolute Gasteiger partial charge is 0.338 e. The zero-order valence-corrected chi connectivity index (χ0v) is 14.3. The second-order valence-corrected chi connectivity index (χ2v) is 5.25. The van der Waals surface area contributed by atoms with Crippen LogP contribution in [0.1, 0.15) is 38.7 Å². The van der Waals surface area contributed by atoms with E-state index in [9.17, 15) is 4.79 Å². The number of nitrogens with zero attached hydrogens (tertiary/aromatic N) is 1. The van der Waals surface area contributed by atoms with E-state index >= 15 is 0 Å². The minimum Gasteiger partial charge on any atom is -0.338 e. The molecule has 0 saturated heterocycles. The minimum atomic E-state index is 0. The number of likely N-dealkylation sites (N-methyl/N-ethyl adjacent to an activating group) is 1. The Kier molecular flexibility index (Phi) is 11.0. The summed E-state index contributed by atoms with van der Waals surface area (Å²) >= 11 is 0. The van der Waals surface area contributed by atoms with Crippen molar-refractivity contribution in [3.8, 4) is 0 Å². The fourth-order valence-corrected chi connectivity index (χ4v) is 2.59. The molecule has 0 aliphatic carbocycles. The lowest BCUT2D eigenvalue weighted by Gasteiger charge is -2.32. The number of hydrogen-bond donors (Lipinski definition) is 1. The first-order chi connectivity index (χ1) is 9.72. The van der Waals surface area contributed by atoms with Crippen molar-refractivity contribution in [3.05, 3.63) is 35.9 Å². The molecule has 0 bridgehead atoms. The van der Waals surface area contributed by atoms with E-state index < -0.39 is 0 Å². The van der Waals surface area contributed by atoms with Gasteiger partial charge in [-0.3, -0.25) is 4.79 Å². The third-order valence-electron chi connectivity index (χ3n) is 3.49. The molecule has 0 radical (unpaired) electrons. The number of amides is 1. The molecule has 1 rings (SSSR count). The fourth-order valence-electron chi connectivity index (χ4n) is 2.59. The summed E-state index contributed by atoms with van der Waals surface area (Å²) in [7, 11) is 1.83. The number of carbonyl (C=O) groups excluding carboxylic acids is 1. The van der Waals surface area contributed by atoms with Gasteiger partial charge >= 0.3 is 0 Å². The van der Waals surface area contributed by atoms with E-state index in [2.05, 4.69) is 48.3 Å². The van der Waals surface area contributed by atoms with Crippen LogP contribution in [0, 0.1) is 0 Å². The summed E-state index contributed by atoms with van der Waals surface area (Å²) in [6.45, 7) is 5.59. The quantitative estimate of drug-likeness (QED) is 0.759. The molecular weight excluding hydrogens is 284 g/mol. The van der Waals surface area contributed by atoms with Crippen LogP contribution in [0.15, 0.2) is 30.3 Å². The molecule has 1 amide bonds. The van der Waals surface area contributed by atoms with E-state index in [-0.39, 0.29) is 18.3 Å². The van der Waals surface area contributed by atoms with E-state index in [1.165, 1.54) is 5.56 Å². The van der Waals surface area contributed by atoms with Gasteiger partial charge in [-0.1, -0.05) is 50.6 Å². The average molecular weight is 313 g/mol. The molecule has 21 heavy (non-hydrogen) atoms. The Balaban J connectivity index is 0.00000400. The average Bonchev–Trinajstić information content (AvgIpc) is 2.46. The van der Waals surface area contributed by atoms with Crippen LogP contribution in [0.4, 0.5) is 0 Å². The smallest absolute Gasteiger partial charge is 0.236 e. The van der Waals surface area contributed by atoms with Crippen molar-refractivity contribution in [3.63, 3.8) is 0 Å². The van der Waals surface area contributed by atoms with Crippen molar-refractivity contribution in [1.82, 2.24) is 10.2 Å². The predicted octanol–water partition coefficient (Wildman–Crippen LogP) is 3.28. The number of nitrogens with one attached hydrogen (secondary N) is 1. The van der Waals surface area contributed by atoms with Crippen LogP contribution in [0.2, 0.25) is 0 Å². The molecule has 1 unspecified atom stereocenters. The van der Waals surface area contributed by atoms with E-state index in [0.29, 0.717) is 12.6 Å². The molecule has 0 aliphatic rings. The first kappa shape index (κ1) is 19.9. The molecule has 1 aromatic rings. The van der Waals surface area contributed by atoms with Gasteiger partial charge in [0.15, 0.2) is 0 Å². The zero-order valence-electron chi connectivity index (χ0n) is 13.5. The first-order valence-corrected chi connectivity index (χ1v) is 7.70. The van der Waals surface area contributed by atoms with Crippen LogP contribution < -0.4 is 5.32 Å².